The molecule has 1 aromatic carbocycles. The van der Waals surface area contributed by atoms with E-state index in [-0.39, 0.29) is 5.41 Å². The fraction of sp³-hybridized carbons (Fsp3) is 0.500. The molecule has 0 atom stereocenters. The van der Waals surface area contributed by atoms with E-state index in [0.29, 0.717) is 5.56 Å². The summed E-state index contributed by atoms with van der Waals surface area (Å²) in [6.45, 7) is 7.86. The molecular formula is C12H16F2. The van der Waals surface area contributed by atoms with E-state index in [4.69, 9.17) is 0 Å². The van der Waals surface area contributed by atoms with Crippen molar-refractivity contribution in [1.29, 1.82) is 0 Å². The van der Waals surface area contributed by atoms with Crippen molar-refractivity contribution in [3.63, 3.8) is 0 Å². The van der Waals surface area contributed by atoms with Crippen LogP contribution in [0.3, 0.4) is 0 Å². The van der Waals surface area contributed by atoms with Gasteiger partial charge in [-0.2, -0.15) is 0 Å². The molecule has 1 aromatic rings. The summed E-state index contributed by atoms with van der Waals surface area (Å²) in [6.07, 6.45) is 0.760. The Bertz CT molecular complexity index is 335. The Balaban J connectivity index is 3.06. The molecule has 0 aliphatic heterocycles. The van der Waals surface area contributed by atoms with Gasteiger partial charge in [-0.05, 0) is 36.0 Å². The first-order chi connectivity index (χ1) is 6.31. The number of rotatable bonds is 1. The highest BCUT2D eigenvalue weighted by Gasteiger charge is 2.16. The number of hydrogen-bond acceptors (Lipinski definition) is 0. The first-order valence-corrected chi connectivity index (χ1v) is 4.75. The molecule has 0 saturated heterocycles. The highest BCUT2D eigenvalue weighted by molar-refractivity contribution is 5.29. The van der Waals surface area contributed by atoms with Crippen molar-refractivity contribution in [2.75, 3.05) is 0 Å². The fourth-order valence-corrected chi connectivity index (χ4v) is 1.45. The summed E-state index contributed by atoms with van der Waals surface area (Å²) in [5.74, 6) is -1.48. The quantitative estimate of drug-likeness (QED) is 0.642. The number of benzene rings is 1. The highest BCUT2D eigenvalue weighted by atomic mass is 19.2. The van der Waals surface area contributed by atoms with Gasteiger partial charge in [0.25, 0.3) is 0 Å². The first kappa shape index (κ1) is 11.2. The van der Waals surface area contributed by atoms with Gasteiger partial charge >= 0.3 is 0 Å². The highest BCUT2D eigenvalue weighted by Crippen LogP contribution is 2.24. The van der Waals surface area contributed by atoms with Crippen molar-refractivity contribution in [3.8, 4) is 0 Å². The van der Waals surface area contributed by atoms with Crippen LogP contribution < -0.4 is 0 Å². The predicted octanol–water partition coefficient (Wildman–Crippen LogP) is 3.86. The minimum Gasteiger partial charge on any atom is -0.204 e. The summed E-state index contributed by atoms with van der Waals surface area (Å²) in [5.41, 5.74) is 1.41. The van der Waals surface area contributed by atoms with Gasteiger partial charge in [0.05, 0.1) is 0 Å². The third-order valence-corrected chi connectivity index (χ3v) is 2.17. The molecule has 0 aliphatic carbocycles. The van der Waals surface area contributed by atoms with E-state index >= 15 is 0 Å². The largest absolute Gasteiger partial charge is 0.204 e. The van der Waals surface area contributed by atoms with Gasteiger partial charge in [0, 0.05) is 0 Å². The van der Waals surface area contributed by atoms with Gasteiger partial charge in [-0.1, -0.05) is 26.8 Å². The molecule has 0 aliphatic rings. The van der Waals surface area contributed by atoms with Crippen LogP contribution >= 0.6 is 0 Å². The zero-order valence-corrected chi connectivity index (χ0v) is 9.12. The van der Waals surface area contributed by atoms with Crippen molar-refractivity contribution in [2.45, 2.75) is 34.1 Å². The van der Waals surface area contributed by atoms with Gasteiger partial charge in [0.15, 0.2) is 11.6 Å². The molecule has 0 unspecified atom stereocenters. The number of halogens is 2. The van der Waals surface area contributed by atoms with E-state index in [1.807, 2.05) is 0 Å². The van der Waals surface area contributed by atoms with E-state index in [1.165, 1.54) is 6.07 Å². The lowest BCUT2D eigenvalue weighted by atomic mass is 9.86. The van der Waals surface area contributed by atoms with Crippen molar-refractivity contribution >= 4 is 0 Å². The Morgan fingerprint density at radius 2 is 1.71 bits per heavy atom. The molecule has 14 heavy (non-hydrogen) atoms. The van der Waals surface area contributed by atoms with Gasteiger partial charge in [0.1, 0.15) is 0 Å². The molecule has 78 valence electrons. The summed E-state index contributed by atoms with van der Waals surface area (Å²) < 4.78 is 26.0. The van der Waals surface area contributed by atoms with Crippen molar-refractivity contribution in [1.82, 2.24) is 0 Å². The summed E-state index contributed by atoms with van der Waals surface area (Å²) in [6, 6.07) is 2.86. The number of hydrogen-bond donors (Lipinski definition) is 0. The average molecular weight is 198 g/mol. The molecular weight excluding hydrogens is 182 g/mol. The van der Waals surface area contributed by atoms with Gasteiger partial charge in [0.2, 0.25) is 0 Å². The van der Waals surface area contributed by atoms with Crippen LogP contribution in [0.2, 0.25) is 0 Å². The van der Waals surface area contributed by atoms with Crippen LogP contribution in [0.4, 0.5) is 8.78 Å². The van der Waals surface area contributed by atoms with E-state index in [1.54, 1.807) is 13.0 Å². The molecule has 2 heteroatoms. The van der Waals surface area contributed by atoms with Gasteiger partial charge in [-0.25, -0.2) is 8.78 Å². The molecule has 0 amide bonds. The maximum absolute atomic E-state index is 13.2. The topological polar surface area (TPSA) is 0 Å². The lowest BCUT2D eigenvalue weighted by Gasteiger charge is -2.19. The summed E-state index contributed by atoms with van der Waals surface area (Å²) >= 11 is 0. The normalized spacial score (nSPS) is 11.9. The molecule has 0 N–H and O–H groups in total. The minimum atomic E-state index is -0.764. The molecule has 0 radical (unpaired) electrons. The van der Waals surface area contributed by atoms with Gasteiger partial charge in [-0.3, -0.25) is 0 Å². The predicted molar refractivity (Wildman–Crippen MR) is 54.3 cm³/mol. The first-order valence-electron chi connectivity index (χ1n) is 4.75. The maximum Gasteiger partial charge on any atom is 0.161 e. The lowest BCUT2D eigenvalue weighted by molar-refractivity contribution is 0.407. The molecule has 1 rings (SSSR count). The molecule has 0 bridgehead atoms. The minimum absolute atomic E-state index is 0.0923. The monoisotopic (exact) mass is 198 g/mol. The van der Waals surface area contributed by atoms with Gasteiger partial charge in [-0.15, -0.1) is 0 Å². The average Bonchev–Trinajstić information content (AvgIpc) is 2.04. The Hall–Kier alpha value is -0.920. The summed E-state index contributed by atoms with van der Waals surface area (Å²) in [4.78, 5) is 0. The van der Waals surface area contributed by atoms with E-state index < -0.39 is 11.6 Å². The van der Waals surface area contributed by atoms with Crippen LogP contribution in [0.5, 0.6) is 0 Å². The Kier molecular flexibility index (Phi) is 2.93. The Morgan fingerprint density at radius 3 is 2.21 bits per heavy atom. The van der Waals surface area contributed by atoms with Gasteiger partial charge < -0.3 is 0 Å². The lowest BCUT2D eigenvalue weighted by Crippen LogP contribution is -2.11. The van der Waals surface area contributed by atoms with E-state index in [0.717, 1.165) is 12.0 Å². The zero-order valence-electron chi connectivity index (χ0n) is 9.12. The van der Waals surface area contributed by atoms with Crippen LogP contribution in [0, 0.1) is 24.0 Å². The fourth-order valence-electron chi connectivity index (χ4n) is 1.45. The second-order valence-corrected chi connectivity index (χ2v) is 4.88. The zero-order chi connectivity index (χ0) is 10.9. The standard InChI is InChI=1S/C12H16F2/c1-8-9(7-12(2,3)4)5-6-10(13)11(8)14/h5-6H,7H2,1-4H3. The summed E-state index contributed by atoms with van der Waals surface area (Å²) in [7, 11) is 0. The molecule has 0 nitrogen and oxygen atoms in total. The third-order valence-electron chi connectivity index (χ3n) is 2.17. The molecule has 0 saturated carbocycles. The molecule has 0 spiro atoms. The maximum atomic E-state index is 13.2. The molecule has 0 fully saturated rings. The second kappa shape index (κ2) is 3.68. The SMILES string of the molecule is Cc1c(CC(C)(C)C)ccc(F)c1F. The Labute approximate surface area is 84.0 Å². The molecule has 0 heterocycles. The van der Waals surface area contributed by atoms with Crippen molar-refractivity contribution < 1.29 is 8.78 Å². The van der Waals surface area contributed by atoms with Crippen molar-refractivity contribution in [2.24, 2.45) is 5.41 Å². The second-order valence-electron chi connectivity index (χ2n) is 4.88. The molecule has 0 aromatic heterocycles. The van der Waals surface area contributed by atoms with E-state index in [2.05, 4.69) is 20.8 Å². The van der Waals surface area contributed by atoms with Crippen LogP contribution in [0.15, 0.2) is 12.1 Å². The van der Waals surface area contributed by atoms with E-state index in [9.17, 15) is 8.78 Å². The van der Waals surface area contributed by atoms with Crippen molar-refractivity contribution in [3.05, 3.63) is 34.9 Å². The van der Waals surface area contributed by atoms with Crippen LogP contribution in [0.1, 0.15) is 31.9 Å². The van der Waals surface area contributed by atoms with Crippen LogP contribution in [-0.4, -0.2) is 0 Å². The summed E-state index contributed by atoms with van der Waals surface area (Å²) in [5, 5.41) is 0. The van der Waals surface area contributed by atoms with Crippen LogP contribution in [0.25, 0.3) is 0 Å². The third kappa shape index (κ3) is 2.53. The Morgan fingerprint density at radius 1 is 1.14 bits per heavy atom. The van der Waals surface area contributed by atoms with Crippen LogP contribution in [-0.2, 0) is 6.42 Å². The smallest absolute Gasteiger partial charge is 0.161 e.